The fourth-order valence-corrected chi connectivity index (χ4v) is 3.51. The summed E-state index contributed by atoms with van der Waals surface area (Å²) in [6.45, 7) is 2.85. The molecule has 7 heteroatoms. The molecule has 3 heterocycles. The van der Waals surface area contributed by atoms with Crippen molar-refractivity contribution in [3.8, 4) is 17.1 Å². The zero-order valence-electron chi connectivity index (χ0n) is 14.8. The van der Waals surface area contributed by atoms with E-state index in [2.05, 4.69) is 22.0 Å². The monoisotopic (exact) mass is 378 g/mol. The number of hydrogen-bond donors (Lipinski definition) is 0. The van der Waals surface area contributed by atoms with Gasteiger partial charge in [0.15, 0.2) is 5.82 Å². The van der Waals surface area contributed by atoms with Crippen LogP contribution in [0.2, 0.25) is 0 Å². The van der Waals surface area contributed by atoms with Gasteiger partial charge in [-0.3, -0.25) is 9.78 Å². The van der Waals surface area contributed by atoms with Crippen LogP contribution < -0.4 is 14.8 Å². The second kappa shape index (κ2) is 7.67. The fourth-order valence-electron chi connectivity index (χ4n) is 2.60. The molecular weight excluding hydrogens is 360 g/mol. The van der Waals surface area contributed by atoms with Gasteiger partial charge in [0.1, 0.15) is 5.75 Å². The molecule has 0 saturated carbocycles. The van der Waals surface area contributed by atoms with E-state index < -0.39 is 0 Å². The quantitative estimate of drug-likeness (QED) is 0.483. The van der Waals surface area contributed by atoms with Gasteiger partial charge in [-0.25, -0.2) is 0 Å². The van der Waals surface area contributed by atoms with E-state index in [1.807, 2.05) is 42.5 Å². The number of fused-ring (bicyclic) bond motifs is 1. The lowest BCUT2D eigenvalue weighted by Crippen LogP contribution is -2.23. The Labute approximate surface area is 159 Å². The molecule has 0 aliphatic rings. The fraction of sp³-hybridized carbons (Fsp3) is 0.200. The lowest BCUT2D eigenvalue weighted by atomic mass is 10.2. The Morgan fingerprint density at radius 1 is 1.15 bits per heavy atom. The summed E-state index contributed by atoms with van der Waals surface area (Å²) < 4.78 is 7.62. The van der Waals surface area contributed by atoms with Crippen LogP contribution in [0.1, 0.15) is 25.3 Å². The number of rotatable bonds is 6. The van der Waals surface area contributed by atoms with Crippen molar-refractivity contribution in [2.24, 2.45) is 0 Å². The molecule has 136 valence electrons. The number of ether oxygens (including phenoxy) is 1. The Balaban J connectivity index is 1.61. The Bertz CT molecular complexity index is 1150. The molecule has 3 aromatic heterocycles. The zero-order chi connectivity index (χ0) is 18.6. The van der Waals surface area contributed by atoms with E-state index >= 15 is 0 Å². The number of unbranched alkanes of at least 4 members (excludes halogenated alkanes) is 1. The molecule has 0 fully saturated rings. The van der Waals surface area contributed by atoms with Gasteiger partial charge in [-0.15, -0.1) is 5.10 Å². The predicted octanol–water partition coefficient (Wildman–Crippen LogP) is 2.94. The van der Waals surface area contributed by atoms with E-state index in [9.17, 15) is 4.79 Å². The first kappa shape index (κ1) is 17.4. The van der Waals surface area contributed by atoms with Crippen molar-refractivity contribution < 1.29 is 4.74 Å². The number of hydrogen-bond acceptors (Lipinski definition) is 6. The van der Waals surface area contributed by atoms with Crippen molar-refractivity contribution in [1.29, 1.82) is 0 Å². The van der Waals surface area contributed by atoms with Gasteiger partial charge in [0.2, 0.25) is 4.96 Å². The van der Waals surface area contributed by atoms with E-state index in [0.29, 0.717) is 15.3 Å². The summed E-state index contributed by atoms with van der Waals surface area (Å²) in [6.07, 6.45) is 7.35. The average molecular weight is 378 g/mol. The maximum Gasteiger partial charge on any atom is 0.291 e. The summed E-state index contributed by atoms with van der Waals surface area (Å²) in [5.41, 5.74) is 1.62. The highest BCUT2D eigenvalue weighted by Crippen LogP contribution is 2.16. The van der Waals surface area contributed by atoms with E-state index in [1.165, 1.54) is 15.9 Å². The largest absolute Gasteiger partial charge is 0.494 e. The van der Waals surface area contributed by atoms with Gasteiger partial charge in [0, 0.05) is 18.0 Å². The summed E-state index contributed by atoms with van der Waals surface area (Å²) in [5.74, 6) is 1.37. The van der Waals surface area contributed by atoms with Crippen molar-refractivity contribution in [3.63, 3.8) is 0 Å². The molecular formula is C20H18N4O2S. The lowest BCUT2D eigenvalue weighted by Gasteiger charge is -2.04. The van der Waals surface area contributed by atoms with Crippen molar-refractivity contribution in [3.05, 3.63) is 69.2 Å². The summed E-state index contributed by atoms with van der Waals surface area (Å²) >= 11 is 1.33. The van der Waals surface area contributed by atoms with Crippen molar-refractivity contribution in [2.45, 2.75) is 19.8 Å². The molecule has 27 heavy (non-hydrogen) atoms. The predicted molar refractivity (Wildman–Crippen MR) is 106 cm³/mol. The minimum atomic E-state index is -0.161. The van der Waals surface area contributed by atoms with Crippen LogP contribution in [-0.4, -0.2) is 26.2 Å². The topological polar surface area (TPSA) is 69.4 Å². The molecule has 6 nitrogen and oxygen atoms in total. The zero-order valence-corrected chi connectivity index (χ0v) is 15.6. The van der Waals surface area contributed by atoms with Gasteiger partial charge in [-0.05, 0) is 42.3 Å². The van der Waals surface area contributed by atoms with Gasteiger partial charge in [-0.2, -0.15) is 9.50 Å². The third-order valence-electron chi connectivity index (χ3n) is 4.06. The first-order chi connectivity index (χ1) is 13.2. The van der Waals surface area contributed by atoms with Gasteiger partial charge in [0.25, 0.3) is 5.56 Å². The number of thiazole rings is 1. The second-order valence-electron chi connectivity index (χ2n) is 6.05. The maximum atomic E-state index is 12.6. The minimum Gasteiger partial charge on any atom is -0.494 e. The molecule has 0 spiro atoms. The molecule has 0 unspecified atom stereocenters. The normalized spacial score (nSPS) is 12.0. The number of nitrogens with zero attached hydrogens (tertiary/aromatic N) is 4. The van der Waals surface area contributed by atoms with Crippen LogP contribution in [0.4, 0.5) is 0 Å². The Kier molecular flexibility index (Phi) is 4.93. The van der Waals surface area contributed by atoms with E-state index in [1.54, 1.807) is 12.4 Å². The third-order valence-corrected chi connectivity index (χ3v) is 5.02. The molecule has 0 bridgehead atoms. The number of aromatic nitrogens is 4. The molecule has 0 amide bonds. The van der Waals surface area contributed by atoms with Crippen LogP contribution in [-0.2, 0) is 0 Å². The summed E-state index contributed by atoms with van der Waals surface area (Å²) in [4.78, 5) is 21.6. The van der Waals surface area contributed by atoms with Gasteiger partial charge >= 0.3 is 0 Å². The smallest absolute Gasteiger partial charge is 0.291 e. The third kappa shape index (κ3) is 3.73. The Hall–Kier alpha value is -3.06. The molecule has 4 rings (SSSR count). The summed E-state index contributed by atoms with van der Waals surface area (Å²) in [7, 11) is 0. The number of benzene rings is 1. The molecule has 0 radical (unpaired) electrons. The van der Waals surface area contributed by atoms with Crippen molar-refractivity contribution >= 4 is 22.4 Å². The highest BCUT2D eigenvalue weighted by molar-refractivity contribution is 7.15. The molecule has 0 N–H and O–H groups in total. The Morgan fingerprint density at radius 3 is 2.63 bits per heavy atom. The van der Waals surface area contributed by atoms with Crippen molar-refractivity contribution in [1.82, 2.24) is 19.6 Å². The van der Waals surface area contributed by atoms with Gasteiger partial charge < -0.3 is 4.74 Å². The standard InChI is InChI=1S/C20H18N4O2S/c1-2-3-12-26-16-6-4-14(5-7-16)13-17-19(25)24-20(27-17)22-18(23-24)15-8-10-21-11-9-15/h4-11,13H,2-3,12H2,1H3/b17-13-. The van der Waals surface area contributed by atoms with E-state index in [-0.39, 0.29) is 5.56 Å². The van der Waals surface area contributed by atoms with E-state index in [0.717, 1.165) is 36.3 Å². The van der Waals surface area contributed by atoms with Crippen LogP contribution in [0.5, 0.6) is 5.75 Å². The van der Waals surface area contributed by atoms with Crippen LogP contribution in [0, 0.1) is 0 Å². The molecule has 0 aliphatic carbocycles. The van der Waals surface area contributed by atoms with Crippen LogP contribution in [0.15, 0.2) is 53.6 Å². The minimum absolute atomic E-state index is 0.161. The van der Waals surface area contributed by atoms with E-state index in [4.69, 9.17) is 4.74 Å². The van der Waals surface area contributed by atoms with Gasteiger partial charge in [-0.1, -0.05) is 36.8 Å². The maximum absolute atomic E-state index is 12.6. The second-order valence-corrected chi connectivity index (χ2v) is 7.06. The van der Waals surface area contributed by atoms with Crippen LogP contribution in [0.3, 0.4) is 0 Å². The van der Waals surface area contributed by atoms with Gasteiger partial charge in [0.05, 0.1) is 11.1 Å². The molecule has 0 saturated heterocycles. The first-order valence-electron chi connectivity index (χ1n) is 8.79. The summed E-state index contributed by atoms with van der Waals surface area (Å²) in [6, 6.07) is 11.4. The highest BCUT2D eigenvalue weighted by atomic mass is 32.1. The Morgan fingerprint density at radius 2 is 1.93 bits per heavy atom. The average Bonchev–Trinajstić information content (AvgIpc) is 3.24. The lowest BCUT2D eigenvalue weighted by molar-refractivity contribution is 0.309. The summed E-state index contributed by atoms with van der Waals surface area (Å²) in [5, 5.41) is 4.34. The van der Waals surface area contributed by atoms with Crippen molar-refractivity contribution in [2.75, 3.05) is 6.61 Å². The molecule has 0 aliphatic heterocycles. The highest BCUT2D eigenvalue weighted by Gasteiger charge is 2.11. The molecule has 0 atom stereocenters. The molecule has 4 aromatic rings. The van der Waals surface area contributed by atoms with Crippen LogP contribution in [0.25, 0.3) is 22.4 Å². The first-order valence-corrected chi connectivity index (χ1v) is 9.61. The molecule has 1 aromatic carbocycles. The SMILES string of the molecule is CCCCOc1ccc(/C=c2\sc3nc(-c4ccncc4)nn3c2=O)cc1. The number of pyridine rings is 1. The van der Waals surface area contributed by atoms with Crippen LogP contribution >= 0.6 is 11.3 Å².